The molecule has 1 aromatic rings. The fraction of sp³-hybridized carbons (Fsp3) is 0.538. The van der Waals surface area contributed by atoms with Gasteiger partial charge in [-0.25, -0.2) is 0 Å². The molecule has 2 nitrogen and oxygen atoms in total. The Morgan fingerprint density at radius 3 is 2.33 bits per heavy atom. The summed E-state index contributed by atoms with van der Waals surface area (Å²) in [7, 11) is 0. The van der Waals surface area contributed by atoms with Crippen LogP contribution in [0, 0.1) is 0 Å². The van der Waals surface area contributed by atoms with E-state index in [4.69, 9.17) is 0 Å². The molecule has 0 amide bonds. The van der Waals surface area contributed by atoms with Crippen LogP contribution in [0.25, 0.3) is 0 Å². The minimum atomic E-state index is 0.326. The third kappa shape index (κ3) is 3.92. The molecule has 2 N–H and O–H groups in total. The molecule has 0 heterocycles. The number of benzene rings is 1. The van der Waals surface area contributed by atoms with E-state index in [9.17, 15) is 5.11 Å². The van der Waals surface area contributed by atoms with E-state index in [2.05, 4.69) is 26.1 Å². The molecule has 1 rings (SSSR count). The van der Waals surface area contributed by atoms with E-state index in [1.807, 2.05) is 12.1 Å². The predicted octanol–water partition coefficient (Wildman–Crippen LogP) is 3.23. The largest absolute Gasteiger partial charge is 0.508 e. The Bertz CT molecular complexity index is 281. The zero-order chi connectivity index (χ0) is 11.3. The number of aromatic hydroxyl groups is 1. The highest BCUT2D eigenvalue weighted by atomic mass is 16.3. The Morgan fingerprint density at radius 1 is 1.20 bits per heavy atom. The van der Waals surface area contributed by atoms with Gasteiger partial charge in [-0.1, -0.05) is 25.5 Å². The maximum Gasteiger partial charge on any atom is 0.115 e. The Labute approximate surface area is 92.3 Å². The van der Waals surface area contributed by atoms with Gasteiger partial charge in [0.25, 0.3) is 0 Å². The summed E-state index contributed by atoms with van der Waals surface area (Å²) in [5.74, 6) is 0.326. The standard InChI is InChI=1S/C13H21NO/c1-4-5-10(2)14-11(3)12-6-8-13(15)9-7-12/h6-11,14-15H,4-5H2,1-3H3. The van der Waals surface area contributed by atoms with E-state index < -0.39 is 0 Å². The van der Waals surface area contributed by atoms with Crippen LogP contribution in [0.5, 0.6) is 5.75 Å². The van der Waals surface area contributed by atoms with Crippen molar-refractivity contribution in [3.05, 3.63) is 29.8 Å². The van der Waals surface area contributed by atoms with Crippen LogP contribution >= 0.6 is 0 Å². The molecular weight excluding hydrogens is 186 g/mol. The van der Waals surface area contributed by atoms with Gasteiger partial charge in [0.05, 0.1) is 0 Å². The van der Waals surface area contributed by atoms with E-state index >= 15 is 0 Å². The minimum absolute atomic E-state index is 0.326. The molecule has 0 saturated carbocycles. The van der Waals surface area contributed by atoms with E-state index in [1.165, 1.54) is 18.4 Å². The monoisotopic (exact) mass is 207 g/mol. The average molecular weight is 207 g/mol. The van der Waals surface area contributed by atoms with Crippen molar-refractivity contribution >= 4 is 0 Å². The zero-order valence-corrected chi connectivity index (χ0v) is 9.83. The molecule has 0 aliphatic carbocycles. The summed E-state index contributed by atoms with van der Waals surface area (Å²) in [6.07, 6.45) is 2.40. The van der Waals surface area contributed by atoms with Crippen molar-refractivity contribution in [1.82, 2.24) is 5.32 Å². The first kappa shape index (κ1) is 12.1. The molecule has 0 radical (unpaired) electrons. The van der Waals surface area contributed by atoms with E-state index in [-0.39, 0.29) is 0 Å². The number of nitrogens with one attached hydrogen (secondary N) is 1. The fourth-order valence-electron chi connectivity index (χ4n) is 1.80. The molecule has 0 aromatic heterocycles. The first-order valence-electron chi connectivity index (χ1n) is 5.68. The highest BCUT2D eigenvalue weighted by Gasteiger charge is 2.08. The summed E-state index contributed by atoms with van der Waals surface area (Å²) < 4.78 is 0. The number of hydrogen-bond acceptors (Lipinski definition) is 2. The number of phenolic OH excluding ortho intramolecular Hbond substituents is 1. The molecule has 0 fully saturated rings. The van der Waals surface area contributed by atoms with Gasteiger partial charge in [-0.15, -0.1) is 0 Å². The SMILES string of the molecule is CCCC(C)NC(C)c1ccc(O)cc1. The second kappa shape index (κ2) is 5.76. The highest BCUT2D eigenvalue weighted by molar-refractivity contribution is 5.27. The molecule has 0 saturated heterocycles. The third-order valence-electron chi connectivity index (χ3n) is 2.65. The summed E-state index contributed by atoms with van der Waals surface area (Å²) in [4.78, 5) is 0. The lowest BCUT2D eigenvalue weighted by Gasteiger charge is -2.19. The molecule has 0 bridgehead atoms. The van der Waals surface area contributed by atoms with Gasteiger partial charge in [0.15, 0.2) is 0 Å². The topological polar surface area (TPSA) is 32.3 Å². The van der Waals surface area contributed by atoms with Crippen LogP contribution in [-0.2, 0) is 0 Å². The van der Waals surface area contributed by atoms with Gasteiger partial charge in [-0.2, -0.15) is 0 Å². The van der Waals surface area contributed by atoms with E-state index in [0.717, 1.165) is 0 Å². The highest BCUT2D eigenvalue weighted by Crippen LogP contribution is 2.17. The summed E-state index contributed by atoms with van der Waals surface area (Å²) in [5, 5.41) is 12.7. The lowest BCUT2D eigenvalue weighted by atomic mass is 10.1. The van der Waals surface area contributed by atoms with Gasteiger partial charge in [0.2, 0.25) is 0 Å². The van der Waals surface area contributed by atoms with Crippen LogP contribution in [0.15, 0.2) is 24.3 Å². The second-order valence-corrected chi connectivity index (χ2v) is 4.17. The van der Waals surface area contributed by atoms with Crippen molar-refractivity contribution in [3.8, 4) is 5.75 Å². The minimum Gasteiger partial charge on any atom is -0.508 e. The van der Waals surface area contributed by atoms with Gasteiger partial charge < -0.3 is 10.4 Å². The molecule has 0 aliphatic rings. The van der Waals surface area contributed by atoms with E-state index in [1.54, 1.807) is 12.1 Å². The van der Waals surface area contributed by atoms with Crippen molar-refractivity contribution in [2.45, 2.75) is 45.7 Å². The van der Waals surface area contributed by atoms with Crippen LogP contribution in [0.1, 0.15) is 45.2 Å². The first-order chi connectivity index (χ1) is 7.13. The molecule has 2 atom stereocenters. The lowest BCUT2D eigenvalue weighted by Crippen LogP contribution is -2.28. The quantitative estimate of drug-likeness (QED) is 0.777. The zero-order valence-electron chi connectivity index (χ0n) is 9.83. The van der Waals surface area contributed by atoms with Crippen molar-refractivity contribution in [3.63, 3.8) is 0 Å². The summed E-state index contributed by atoms with van der Waals surface area (Å²) in [6.45, 7) is 6.56. The maximum atomic E-state index is 9.18. The van der Waals surface area contributed by atoms with Crippen molar-refractivity contribution in [2.24, 2.45) is 0 Å². The Morgan fingerprint density at radius 2 is 1.80 bits per heavy atom. The fourth-order valence-corrected chi connectivity index (χ4v) is 1.80. The van der Waals surface area contributed by atoms with Crippen LogP contribution in [0.2, 0.25) is 0 Å². The number of phenols is 1. The van der Waals surface area contributed by atoms with Crippen LogP contribution in [-0.4, -0.2) is 11.1 Å². The molecule has 1 aromatic carbocycles. The van der Waals surface area contributed by atoms with E-state index in [0.29, 0.717) is 17.8 Å². The van der Waals surface area contributed by atoms with Crippen LogP contribution in [0.3, 0.4) is 0 Å². The van der Waals surface area contributed by atoms with Crippen molar-refractivity contribution < 1.29 is 5.11 Å². The van der Waals surface area contributed by atoms with Gasteiger partial charge in [-0.3, -0.25) is 0 Å². The smallest absolute Gasteiger partial charge is 0.115 e. The molecular formula is C13H21NO. The Hall–Kier alpha value is -1.02. The van der Waals surface area contributed by atoms with Gasteiger partial charge in [-0.05, 0) is 38.0 Å². The summed E-state index contributed by atoms with van der Waals surface area (Å²) >= 11 is 0. The van der Waals surface area contributed by atoms with Crippen molar-refractivity contribution in [1.29, 1.82) is 0 Å². The first-order valence-corrected chi connectivity index (χ1v) is 5.68. The number of hydrogen-bond donors (Lipinski definition) is 2. The molecule has 2 heteroatoms. The second-order valence-electron chi connectivity index (χ2n) is 4.17. The lowest BCUT2D eigenvalue weighted by molar-refractivity contribution is 0.451. The predicted molar refractivity (Wildman–Crippen MR) is 64.0 cm³/mol. The van der Waals surface area contributed by atoms with Gasteiger partial charge in [0, 0.05) is 12.1 Å². The van der Waals surface area contributed by atoms with Crippen molar-refractivity contribution in [2.75, 3.05) is 0 Å². The van der Waals surface area contributed by atoms with Gasteiger partial charge in [0.1, 0.15) is 5.75 Å². The van der Waals surface area contributed by atoms with Crippen LogP contribution < -0.4 is 5.32 Å². The summed E-state index contributed by atoms with van der Waals surface area (Å²) in [6, 6.07) is 8.28. The third-order valence-corrected chi connectivity index (χ3v) is 2.65. The number of rotatable bonds is 5. The maximum absolute atomic E-state index is 9.18. The molecule has 0 spiro atoms. The molecule has 2 unspecified atom stereocenters. The van der Waals surface area contributed by atoms with Crippen LogP contribution in [0.4, 0.5) is 0 Å². The Kier molecular flexibility index (Phi) is 4.63. The normalized spacial score (nSPS) is 14.9. The molecule has 15 heavy (non-hydrogen) atoms. The molecule has 0 aliphatic heterocycles. The van der Waals surface area contributed by atoms with Gasteiger partial charge >= 0.3 is 0 Å². The summed E-state index contributed by atoms with van der Waals surface area (Å²) in [5.41, 5.74) is 1.22. The molecule has 84 valence electrons. The Balaban J connectivity index is 2.53. The average Bonchev–Trinajstić information content (AvgIpc) is 2.18.